The number of benzene rings is 1. The molecule has 4 nitrogen and oxygen atoms in total. The Bertz CT molecular complexity index is 786. The molecule has 0 saturated carbocycles. The minimum atomic E-state index is -1.33. The minimum Gasteiger partial charge on any atom is -0.334 e. The summed E-state index contributed by atoms with van der Waals surface area (Å²) in [4.78, 5) is 4.23. The van der Waals surface area contributed by atoms with Crippen molar-refractivity contribution in [2.75, 3.05) is 0 Å². The molecule has 0 aliphatic carbocycles. The Hall–Kier alpha value is -1.86. The van der Waals surface area contributed by atoms with Crippen LogP contribution in [0.2, 0.25) is 0 Å². The zero-order valence-electron chi connectivity index (χ0n) is 11.7. The van der Waals surface area contributed by atoms with Gasteiger partial charge in [-0.15, -0.1) is 0 Å². The molecule has 2 atom stereocenters. The maximum absolute atomic E-state index is 13.7. The monoisotopic (exact) mass is 336 g/mol. The molecule has 7 heteroatoms. The van der Waals surface area contributed by atoms with Gasteiger partial charge in [0.05, 0.1) is 16.6 Å². The van der Waals surface area contributed by atoms with Gasteiger partial charge in [0.25, 0.3) is 5.89 Å². The van der Waals surface area contributed by atoms with E-state index < -0.39 is 16.0 Å². The standard InChI is InChI=1S/C15H13FN2O2S2/c1-10(12-4-2-3-5-13(12)16)22(19)9-14-17-15(20-18-14)11-6-7-21-8-11/h2-8,10H,9H2,1H3. The van der Waals surface area contributed by atoms with Crippen LogP contribution in [0.3, 0.4) is 0 Å². The lowest BCUT2D eigenvalue weighted by Gasteiger charge is -2.11. The fraction of sp³-hybridized carbons (Fsp3) is 0.200. The van der Waals surface area contributed by atoms with E-state index in [2.05, 4.69) is 10.1 Å². The summed E-state index contributed by atoms with van der Waals surface area (Å²) >= 11 is 1.53. The highest BCUT2D eigenvalue weighted by atomic mass is 32.2. The summed E-state index contributed by atoms with van der Waals surface area (Å²) in [6.07, 6.45) is 0. The van der Waals surface area contributed by atoms with Crippen molar-refractivity contribution in [2.24, 2.45) is 0 Å². The summed E-state index contributed by atoms with van der Waals surface area (Å²) in [6, 6.07) is 8.23. The van der Waals surface area contributed by atoms with Crippen LogP contribution in [0.5, 0.6) is 0 Å². The largest absolute Gasteiger partial charge is 0.334 e. The average Bonchev–Trinajstić information content (AvgIpc) is 3.17. The molecular weight excluding hydrogens is 323 g/mol. The lowest BCUT2D eigenvalue weighted by molar-refractivity contribution is 0.425. The van der Waals surface area contributed by atoms with Gasteiger partial charge in [-0.1, -0.05) is 23.4 Å². The van der Waals surface area contributed by atoms with Crippen molar-refractivity contribution in [1.82, 2.24) is 10.1 Å². The van der Waals surface area contributed by atoms with Crippen LogP contribution in [-0.4, -0.2) is 14.3 Å². The van der Waals surface area contributed by atoms with Crippen LogP contribution in [0.15, 0.2) is 45.6 Å². The molecule has 0 amide bonds. The number of aromatic nitrogens is 2. The summed E-state index contributed by atoms with van der Waals surface area (Å²) in [5.74, 6) is 0.549. The number of rotatable bonds is 5. The van der Waals surface area contributed by atoms with Crippen LogP contribution in [0.25, 0.3) is 11.5 Å². The van der Waals surface area contributed by atoms with E-state index in [0.717, 1.165) is 5.56 Å². The summed E-state index contributed by atoms with van der Waals surface area (Å²) in [7, 11) is -1.33. The second kappa shape index (κ2) is 6.50. The zero-order valence-corrected chi connectivity index (χ0v) is 13.4. The van der Waals surface area contributed by atoms with Crippen molar-refractivity contribution in [3.63, 3.8) is 0 Å². The molecule has 0 spiro atoms. The van der Waals surface area contributed by atoms with Crippen molar-refractivity contribution in [2.45, 2.75) is 17.9 Å². The second-order valence-corrected chi connectivity index (χ2v) is 7.25. The molecule has 22 heavy (non-hydrogen) atoms. The van der Waals surface area contributed by atoms with E-state index in [9.17, 15) is 8.60 Å². The maximum Gasteiger partial charge on any atom is 0.258 e. The molecule has 2 heterocycles. The molecule has 0 saturated heterocycles. The van der Waals surface area contributed by atoms with Crippen LogP contribution >= 0.6 is 11.3 Å². The summed E-state index contributed by atoms with van der Waals surface area (Å²) in [5.41, 5.74) is 1.28. The van der Waals surface area contributed by atoms with Crippen molar-refractivity contribution in [3.05, 3.63) is 58.3 Å². The molecule has 0 aliphatic heterocycles. The first-order chi connectivity index (χ1) is 10.6. The first-order valence-electron chi connectivity index (χ1n) is 6.62. The number of hydrogen-bond acceptors (Lipinski definition) is 5. The molecule has 0 radical (unpaired) electrons. The zero-order chi connectivity index (χ0) is 15.5. The Morgan fingerprint density at radius 3 is 2.91 bits per heavy atom. The third-order valence-corrected chi connectivity index (χ3v) is 5.51. The van der Waals surface area contributed by atoms with Gasteiger partial charge in [-0.2, -0.15) is 16.3 Å². The summed E-state index contributed by atoms with van der Waals surface area (Å²) in [5, 5.41) is 7.22. The van der Waals surface area contributed by atoms with E-state index in [4.69, 9.17) is 4.52 Å². The minimum absolute atomic E-state index is 0.128. The Morgan fingerprint density at radius 2 is 2.18 bits per heavy atom. The van der Waals surface area contributed by atoms with Gasteiger partial charge in [0.1, 0.15) is 5.82 Å². The number of hydrogen-bond donors (Lipinski definition) is 0. The highest BCUT2D eigenvalue weighted by Gasteiger charge is 2.20. The Morgan fingerprint density at radius 1 is 1.36 bits per heavy atom. The number of halogens is 1. The Labute approximate surface area is 133 Å². The van der Waals surface area contributed by atoms with Crippen LogP contribution < -0.4 is 0 Å². The molecule has 1 aromatic carbocycles. The lowest BCUT2D eigenvalue weighted by Crippen LogP contribution is -2.08. The highest BCUT2D eigenvalue weighted by Crippen LogP contribution is 2.25. The van der Waals surface area contributed by atoms with E-state index in [1.165, 1.54) is 17.4 Å². The van der Waals surface area contributed by atoms with E-state index in [0.29, 0.717) is 17.3 Å². The van der Waals surface area contributed by atoms with E-state index in [1.807, 2.05) is 16.8 Å². The smallest absolute Gasteiger partial charge is 0.258 e. The fourth-order valence-electron chi connectivity index (χ4n) is 2.01. The number of thiophene rings is 1. The first-order valence-corrected chi connectivity index (χ1v) is 8.94. The molecule has 2 unspecified atom stereocenters. The lowest BCUT2D eigenvalue weighted by atomic mass is 10.1. The normalized spacial score (nSPS) is 13.9. The van der Waals surface area contributed by atoms with Crippen molar-refractivity contribution in [1.29, 1.82) is 0 Å². The van der Waals surface area contributed by atoms with Crippen molar-refractivity contribution in [3.8, 4) is 11.5 Å². The second-order valence-electron chi connectivity index (χ2n) is 4.72. The predicted molar refractivity (Wildman–Crippen MR) is 84.3 cm³/mol. The van der Waals surface area contributed by atoms with Gasteiger partial charge in [-0.3, -0.25) is 4.21 Å². The van der Waals surface area contributed by atoms with Crippen LogP contribution in [0.4, 0.5) is 4.39 Å². The predicted octanol–water partition coefficient (Wildman–Crippen LogP) is 3.95. The molecule has 0 fully saturated rings. The molecule has 3 aromatic rings. The quantitative estimate of drug-likeness (QED) is 0.708. The topological polar surface area (TPSA) is 56.0 Å². The third kappa shape index (κ3) is 3.15. The van der Waals surface area contributed by atoms with E-state index in [-0.39, 0.29) is 11.6 Å². The Kier molecular flexibility index (Phi) is 4.44. The molecule has 0 aliphatic rings. The first kappa shape index (κ1) is 15.1. The van der Waals surface area contributed by atoms with Gasteiger partial charge in [0, 0.05) is 21.7 Å². The van der Waals surface area contributed by atoms with Crippen LogP contribution in [0.1, 0.15) is 23.6 Å². The molecule has 0 bridgehead atoms. The highest BCUT2D eigenvalue weighted by molar-refractivity contribution is 7.84. The van der Waals surface area contributed by atoms with Crippen molar-refractivity contribution < 1.29 is 13.1 Å². The maximum atomic E-state index is 13.7. The average molecular weight is 336 g/mol. The molecule has 114 valence electrons. The molecule has 2 aromatic heterocycles. The van der Waals surface area contributed by atoms with Gasteiger partial charge in [0.15, 0.2) is 5.82 Å². The van der Waals surface area contributed by atoms with E-state index in [1.54, 1.807) is 25.1 Å². The van der Waals surface area contributed by atoms with Crippen molar-refractivity contribution >= 4 is 22.1 Å². The molecular formula is C15H13FN2O2S2. The fourth-order valence-corrected chi connectivity index (χ4v) is 3.74. The van der Waals surface area contributed by atoms with Crippen LogP contribution in [-0.2, 0) is 16.6 Å². The van der Waals surface area contributed by atoms with Gasteiger partial charge >= 0.3 is 0 Å². The number of nitrogens with zero attached hydrogens (tertiary/aromatic N) is 2. The van der Waals surface area contributed by atoms with Gasteiger partial charge in [-0.05, 0) is 24.4 Å². The third-order valence-electron chi connectivity index (χ3n) is 3.25. The summed E-state index contributed by atoms with van der Waals surface area (Å²) < 4.78 is 31.3. The molecule has 3 rings (SSSR count). The SMILES string of the molecule is CC(c1ccccc1F)S(=O)Cc1noc(-c2ccsc2)n1. The summed E-state index contributed by atoms with van der Waals surface area (Å²) in [6.45, 7) is 1.73. The Balaban J connectivity index is 1.73. The van der Waals surface area contributed by atoms with E-state index >= 15 is 0 Å². The molecule has 0 N–H and O–H groups in total. The van der Waals surface area contributed by atoms with Gasteiger partial charge in [0.2, 0.25) is 0 Å². The van der Waals surface area contributed by atoms with Gasteiger partial charge in [-0.25, -0.2) is 4.39 Å². The van der Waals surface area contributed by atoms with Crippen LogP contribution in [0, 0.1) is 5.82 Å². The van der Waals surface area contributed by atoms with Gasteiger partial charge < -0.3 is 4.52 Å².